The van der Waals surface area contributed by atoms with Crippen molar-refractivity contribution in [2.45, 2.75) is 18.9 Å². The molecule has 0 aliphatic carbocycles. The Bertz CT molecular complexity index is 522. The van der Waals surface area contributed by atoms with Crippen LogP contribution in [0.1, 0.15) is 23.2 Å². The zero-order chi connectivity index (χ0) is 16.1. The molecule has 0 bridgehead atoms. The SMILES string of the molecule is CN(C)c1ccc(C(=O)N(CC(N)=O)C2CCOCC2)cc1. The molecule has 1 aliphatic rings. The smallest absolute Gasteiger partial charge is 0.254 e. The summed E-state index contributed by atoms with van der Waals surface area (Å²) in [5.41, 5.74) is 6.89. The standard InChI is InChI=1S/C16H23N3O3/c1-18(2)13-5-3-12(4-6-13)16(21)19(11-15(17)20)14-7-9-22-10-8-14/h3-6,14H,7-11H2,1-2H3,(H2,17,20). The molecular formula is C16H23N3O3. The Hall–Kier alpha value is -2.08. The predicted molar refractivity (Wildman–Crippen MR) is 84.8 cm³/mol. The molecule has 0 spiro atoms. The molecule has 6 heteroatoms. The Morgan fingerprint density at radius 2 is 1.77 bits per heavy atom. The molecule has 1 aliphatic heterocycles. The summed E-state index contributed by atoms with van der Waals surface area (Å²) in [6, 6.07) is 7.34. The summed E-state index contributed by atoms with van der Waals surface area (Å²) in [6.45, 7) is 1.15. The average molecular weight is 305 g/mol. The molecular weight excluding hydrogens is 282 g/mol. The van der Waals surface area contributed by atoms with E-state index in [-0.39, 0.29) is 18.5 Å². The lowest BCUT2D eigenvalue weighted by molar-refractivity contribution is -0.119. The van der Waals surface area contributed by atoms with Crippen molar-refractivity contribution < 1.29 is 14.3 Å². The summed E-state index contributed by atoms with van der Waals surface area (Å²) in [7, 11) is 3.89. The number of nitrogens with zero attached hydrogens (tertiary/aromatic N) is 2. The largest absolute Gasteiger partial charge is 0.381 e. The van der Waals surface area contributed by atoms with Crippen molar-refractivity contribution in [2.75, 3.05) is 38.8 Å². The van der Waals surface area contributed by atoms with Crippen LogP contribution in [-0.2, 0) is 9.53 Å². The first-order chi connectivity index (χ1) is 10.5. The predicted octanol–water partition coefficient (Wildman–Crippen LogP) is 0.859. The number of hydrogen-bond donors (Lipinski definition) is 1. The van der Waals surface area contributed by atoms with Gasteiger partial charge in [-0.3, -0.25) is 9.59 Å². The lowest BCUT2D eigenvalue weighted by Crippen LogP contribution is -2.47. The van der Waals surface area contributed by atoms with Crippen LogP contribution < -0.4 is 10.6 Å². The summed E-state index contributed by atoms with van der Waals surface area (Å²) in [5.74, 6) is -0.652. The Kier molecular flexibility index (Phi) is 5.38. The Labute approximate surface area is 130 Å². The zero-order valence-corrected chi connectivity index (χ0v) is 13.1. The molecule has 22 heavy (non-hydrogen) atoms. The maximum Gasteiger partial charge on any atom is 0.254 e. The van der Waals surface area contributed by atoms with E-state index in [9.17, 15) is 9.59 Å². The van der Waals surface area contributed by atoms with Gasteiger partial charge in [-0.2, -0.15) is 0 Å². The minimum atomic E-state index is -0.496. The van der Waals surface area contributed by atoms with Crippen molar-refractivity contribution in [3.8, 4) is 0 Å². The number of rotatable bonds is 5. The highest BCUT2D eigenvalue weighted by atomic mass is 16.5. The minimum Gasteiger partial charge on any atom is -0.381 e. The molecule has 0 unspecified atom stereocenters. The highest BCUT2D eigenvalue weighted by Crippen LogP contribution is 2.19. The fourth-order valence-corrected chi connectivity index (χ4v) is 2.60. The number of hydrogen-bond acceptors (Lipinski definition) is 4. The van der Waals surface area contributed by atoms with Gasteiger partial charge in [-0.05, 0) is 37.1 Å². The van der Waals surface area contributed by atoms with E-state index in [1.165, 1.54) is 0 Å². The van der Waals surface area contributed by atoms with Gasteiger partial charge in [0.2, 0.25) is 5.91 Å². The molecule has 2 N–H and O–H groups in total. The molecule has 0 saturated carbocycles. The fraction of sp³-hybridized carbons (Fsp3) is 0.500. The van der Waals surface area contributed by atoms with Gasteiger partial charge in [-0.25, -0.2) is 0 Å². The number of nitrogens with two attached hydrogens (primary N) is 1. The van der Waals surface area contributed by atoms with Crippen molar-refractivity contribution in [2.24, 2.45) is 5.73 Å². The maximum absolute atomic E-state index is 12.7. The van der Waals surface area contributed by atoms with Gasteiger partial charge in [-0.1, -0.05) is 0 Å². The van der Waals surface area contributed by atoms with Crippen LogP contribution in [0.2, 0.25) is 0 Å². The van der Waals surface area contributed by atoms with Crippen molar-refractivity contribution in [3.63, 3.8) is 0 Å². The van der Waals surface area contributed by atoms with Gasteiger partial charge in [0.15, 0.2) is 0 Å². The van der Waals surface area contributed by atoms with Crippen molar-refractivity contribution in [3.05, 3.63) is 29.8 Å². The minimum absolute atomic E-state index is 0.00211. The second-order valence-corrected chi connectivity index (χ2v) is 5.68. The van der Waals surface area contributed by atoms with Crippen molar-refractivity contribution in [1.29, 1.82) is 0 Å². The molecule has 1 fully saturated rings. The normalized spacial score (nSPS) is 15.4. The molecule has 0 atom stereocenters. The lowest BCUT2D eigenvalue weighted by atomic mass is 10.0. The number of primary amides is 1. The third kappa shape index (κ3) is 3.98. The molecule has 0 radical (unpaired) electrons. The second-order valence-electron chi connectivity index (χ2n) is 5.68. The van der Waals surface area contributed by atoms with Gasteiger partial charge in [0.25, 0.3) is 5.91 Å². The third-order valence-electron chi connectivity index (χ3n) is 3.85. The first kappa shape index (κ1) is 16.3. The number of amides is 2. The van der Waals surface area contributed by atoms with Crippen LogP contribution >= 0.6 is 0 Å². The van der Waals surface area contributed by atoms with Gasteiger partial charge in [-0.15, -0.1) is 0 Å². The Morgan fingerprint density at radius 3 is 2.27 bits per heavy atom. The number of carbonyl (C=O) groups excluding carboxylic acids is 2. The van der Waals surface area contributed by atoms with Gasteiger partial charge in [0.1, 0.15) is 0 Å². The van der Waals surface area contributed by atoms with Crippen molar-refractivity contribution >= 4 is 17.5 Å². The maximum atomic E-state index is 12.7. The summed E-state index contributed by atoms with van der Waals surface area (Å²) in [6.07, 6.45) is 1.46. The molecule has 1 aromatic rings. The number of ether oxygens (including phenoxy) is 1. The fourth-order valence-electron chi connectivity index (χ4n) is 2.60. The van der Waals surface area contributed by atoms with Crippen molar-refractivity contribution in [1.82, 2.24) is 4.90 Å². The molecule has 1 aromatic carbocycles. The van der Waals surface area contributed by atoms with Crippen LogP contribution in [0.3, 0.4) is 0 Å². The van der Waals surface area contributed by atoms with Crippen LogP contribution in [0.25, 0.3) is 0 Å². The molecule has 120 valence electrons. The summed E-state index contributed by atoms with van der Waals surface area (Å²) >= 11 is 0. The number of carbonyl (C=O) groups is 2. The zero-order valence-electron chi connectivity index (χ0n) is 13.1. The number of benzene rings is 1. The molecule has 2 amide bonds. The van der Waals surface area contributed by atoms with Crippen LogP contribution in [0, 0.1) is 0 Å². The Balaban J connectivity index is 2.18. The summed E-state index contributed by atoms with van der Waals surface area (Å²) in [4.78, 5) is 27.6. The quantitative estimate of drug-likeness (QED) is 0.875. The number of anilines is 1. The molecule has 6 nitrogen and oxygen atoms in total. The van der Waals surface area contributed by atoms with E-state index in [1.807, 2.05) is 31.1 Å². The van der Waals surface area contributed by atoms with Crippen LogP contribution in [0.4, 0.5) is 5.69 Å². The molecule has 1 saturated heterocycles. The Morgan fingerprint density at radius 1 is 1.18 bits per heavy atom. The van der Waals surface area contributed by atoms with E-state index in [4.69, 9.17) is 10.5 Å². The highest BCUT2D eigenvalue weighted by molar-refractivity contribution is 5.96. The van der Waals surface area contributed by atoms with Gasteiger partial charge in [0.05, 0.1) is 6.54 Å². The van der Waals surface area contributed by atoms with Gasteiger partial charge < -0.3 is 20.3 Å². The topological polar surface area (TPSA) is 75.9 Å². The first-order valence-corrected chi connectivity index (χ1v) is 7.43. The average Bonchev–Trinajstić information content (AvgIpc) is 2.52. The second kappa shape index (κ2) is 7.26. The molecule has 0 aromatic heterocycles. The summed E-state index contributed by atoms with van der Waals surface area (Å²) in [5, 5.41) is 0. The van der Waals surface area contributed by atoms with Gasteiger partial charge >= 0.3 is 0 Å². The van der Waals surface area contributed by atoms with E-state index in [1.54, 1.807) is 17.0 Å². The molecule has 2 rings (SSSR count). The van der Waals surface area contributed by atoms with E-state index in [2.05, 4.69) is 0 Å². The van der Waals surface area contributed by atoms with E-state index < -0.39 is 5.91 Å². The van der Waals surface area contributed by atoms with E-state index >= 15 is 0 Å². The van der Waals surface area contributed by atoms with Crippen LogP contribution in [0.15, 0.2) is 24.3 Å². The first-order valence-electron chi connectivity index (χ1n) is 7.43. The third-order valence-corrected chi connectivity index (χ3v) is 3.85. The van der Waals surface area contributed by atoms with E-state index in [0.717, 1.165) is 18.5 Å². The monoisotopic (exact) mass is 305 g/mol. The lowest BCUT2D eigenvalue weighted by Gasteiger charge is -2.33. The van der Waals surface area contributed by atoms with Gasteiger partial charge in [0, 0.05) is 44.6 Å². The van der Waals surface area contributed by atoms with E-state index in [0.29, 0.717) is 18.8 Å². The summed E-state index contributed by atoms with van der Waals surface area (Å²) < 4.78 is 5.32. The van der Waals surface area contributed by atoms with Crippen LogP contribution in [0.5, 0.6) is 0 Å². The van der Waals surface area contributed by atoms with Crippen LogP contribution in [-0.4, -0.2) is 56.6 Å². The molecule has 1 heterocycles. The highest BCUT2D eigenvalue weighted by Gasteiger charge is 2.27.